The predicted octanol–water partition coefficient (Wildman–Crippen LogP) is 5.36. The first-order chi connectivity index (χ1) is 13.8. The third kappa shape index (κ3) is 2.75. The third-order valence-corrected chi connectivity index (χ3v) is 5.08. The van der Waals surface area contributed by atoms with E-state index in [1.165, 1.54) is 21.8 Å². The van der Waals surface area contributed by atoms with Crippen molar-refractivity contribution in [3.05, 3.63) is 97.1 Å². The van der Waals surface area contributed by atoms with Crippen LogP contribution in [0.3, 0.4) is 0 Å². The Morgan fingerprint density at radius 2 is 1.11 bits per heavy atom. The van der Waals surface area contributed by atoms with E-state index in [1.807, 2.05) is 24.3 Å². The second-order valence-electron chi connectivity index (χ2n) is 6.66. The molecular weight excluding hydrogens is 345 g/mol. The topological polar surface area (TPSA) is 34.4 Å². The number of rotatable bonds is 4. The standard InChI is InChI=1S/C24H17BNO2/c27-25-28-20-15-11-18(12-16-20)17-9-13-19(14-10-17)26-23-7-3-1-5-21(23)22-6-2-4-8-24(22)26/h1-16,27H. The molecule has 28 heavy (non-hydrogen) atoms. The van der Waals surface area contributed by atoms with Crippen LogP contribution in [-0.4, -0.2) is 17.3 Å². The maximum Gasteiger partial charge on any atom is 0.569 e. The van der Waals surface area contributed by atoms with E-state index < -0.39 is 0 Å². The lowest BCUT2D eigenvalue weighted by molar-refractivity contribution is 0.454. The molecular formula is C24H17BNO2. The summed E-state index contributed by atoms with van der Waals surface area (Å²) in [5.41, 5.74) is 5.77. The molecule has 0 aliphatic rings. The zero-order valence-corrected chi connectivity index (χ0v) is 15.1. The summed E-state index contributed by atoms with van der Waals surface area (Å²) in [4.78, 5) is 0. The van der Waals surface area contributed by atoms with Gasteiger partial charge >= 0.3 is 7.69 Å². The van der Waals surface area contributed by atoms with Gasteiger partial charge < -0.3 is 14.2 Å². The molecule has 0 amide bonds. The van der Waals surface area contributed by atoms with Gasteiger partial charge in [-0.2, -0.15) is 0 Å². The minimum absolute atomic E-state index is 0.605. The Kier molecular flexibility index (Phi) is 4.11. The molecule has 4 aromatic carbocycles. The van der Waals surface area contributed by atoms with Gasteiger partial charge in [-0.15, -0.1) is 0 Å². The van der Waals surface area contributed by atoms with Gasteiger partial charge in [-0.3, -0.25) is 0 Å². The Hall–Kier alpha value is -3.50. The molecule has 1 radical (unpaired) electrons. The van der Waals surface area contributed by atoms with E-state index in [0.29, 0.717) is 13.4 Å². The maximum atomic E-state index is 8.73. The van der Waals surface area contributed by atoms with E-state index in [0.717, 1.165) is 16.8 Å². The first-order valence-corrected chi connectivity index (χ1v) is 9.17. The van der Waals surface area contributed by atoms with E-state index >= 15 is 0 Å². The van der Waals surface area contributed by atoms with Gasteiger partial charge in [-0.1, -0.05) is 60.7 Å². The molecule has 5 rings (SSSR count). The highest BCUT2D eigenvalue weighted by Gasteiger charge is 2.11. The first-order valence-electron chi connectivity index (χ1n) is 9.17. The van der Waals surface area contributed by atoms with Crippen molar-refractivity contribution in [3.8, 4) is 22.6 Å². The van der Waals surface area contributed by atoms with Crippen molar-refractivity contribution in [1.29, 1.82) is 0 Å². The van der Waals surface area contributed by atoms with Crippen LogP contribution in [0.4, 0.5) is 0 Å². The van der Waals surface area contributed by atoms with Crippen LogP contribution in [-0.2, 0) is 0 Å². The van der Waals surface area contributed by atoms with Crippen molar-refractivity contribution in [2.24, 2.45) is 0 Å². The van der Waals surface area contributed by atoms with E-state index in [2.05, 4.69) is 77.4 Å². The summed E-state index contributed by atoms with van der Waals surface area (Å²) in [5.74, 6) is 0.605. The van der Waals surface area contributed by atoms with E-state index in [1.54, 1.807) is 0 Å². The third-order valence-electron chi connectivity index (χ3n) is 5.08. The normalized spacial score (nSPS) is 11.0. The van der Waals surface area contributed by atoms with Crippen molar-refractivity contribution < 1.29 is 9.68 Å². The average molecular weight is 362 g/mol. The molecule has 133 valence electrons. The van der Waals surface area contributed by atoms with Gasteiger partial charge in [0.2, 0.25) is 0 Å². The number of benzene rings is 4. The van der Waals surface area contributed by atoms with Crippen molar-refractivity contribution in [2.75, 3.05) is 0 Å². The van der Waals surface area contributed by atoms with Gasteiger partial charge in [0.25, 0.3) is 0 Å². The number of para-hydroxylation sites is 2. The highest BCUT2D eigenvalue weighted by Crippen LogP contribution is 2.32. The molecule has 0 aliphatic heterocycles. The summed E-state index contributed by atoms with van der Waals surface area (Å²) in [6.45, 7) is 0. The van der Waals surface area contributed by atoms with Crippen LogP contribution >= 0.6 is 0 Å². The fourth-order valence-corrected chi connectivity index (χ4v) is 3.79. The van der Waals surface area contributed by atoms with Crippen LogP contribution in [0, 0.1) is 0 Å². The van der Waals surface area contributed by atoms with Crippen molar-refractivity contribution in [1.82, 2.24) is 4.57 Å². The van der Waals surface area contributed by atoms with Crippen molar-refractivity contribution >= 4 is 29.5 Å². The molecule has 3 nitrogen and oxygen atoms in total. The fourth-order valence-electron chi connectivity index (χ4n) is 3.79. The molecule has 4 heteroatoms. The van der Waals surface area contributed by atoms with Gasteiger partial charge in [0.1, 0.15) is 5.75 Å². The minimum Gasteiger partial charge on any atom is -0.537 e. The number of hydrogen-bond donors (Lipinski definition) is 1. The Morgan fingerprint density at radius 3 is 1.64 bits per heavy atom. The summed E-state index contributed by atoms with van der Waals surface area (Å²) in [5, 5.41) is 11.3. The van der Waals surface area contributed by atoms with Crippen LogP contribution in [0.25, 0.3) is 38.6 Å². The van der Waals surface area contributed by atoms with E-state index in [4.69, 9.17) is 9.68 Å². The number of fused-ring (bicyclic) bond motifs is 3. The van der Waals surface area contributed by atoms with Gasteiger partial charge in [0.05, 0.1) is 11.0 Å². The second kappa shape index (κ2) is 6.91. The van der Waals surface area contributed by atoms with Gasteiger partial charge in [-0.05, 0) is 47.5 Å². The van der Waals surface area contributed by atoms with Gasteiger partial charge in [-0.25, -0.2) is 0 Å². The van der Waals surface area contributed by atoms with Crippen LogP contribution in [0.1, 0.15) is 0 Å². The SMILES string of the molecule is O[B]Oc1ccc(-c2ccc(-n3c4ccccc4c4ccccc43)cc2)cc1. The molecule has 1 N–H and O–H groups in total. The lowest BCUT2D eigenvalue weighted by atomic mass is 10.1. The van der Waals surface area contributed by atoms with E-state index in [9.17, 15) is 0 Å². The van der Waals surface area contributed by atoms with Crippen LogP contribution in [0.2, 0.25) is 0 Å². The fraction of sp³-hybridized carbons (Fsp3) is 0. The lowest BCUT2D eigenvalue weighted by Gasteiger charge is -2.10. The molecule has 0 atom stereocenters. The first kappa shape index (κ1) is 16.7. The largest absolute Gasteiger partial charge is 0.569 e. The lowest BCUT2D eigenvalue weighted by Crippen LogP contribution is -1.99. The number of hydrogen-bond acceptors (Lipinski definition) is 2. The molecule has 0 bridgehead atoms. The smallest absolute Gasteiger partial charge is 0.537 e. The molecule has 5 aromatic rings. The Balaban J connectivity index is 1.59. The van der Waals surface area contributed by atoms with Crippen molar-refractivity contribution in [3.63, 3.8) is 0 Å². The van der Waals surface area contributed by atoms with Crippen molar-refractivity contribution in [2.45, 2.75) is 0 Å². The number of nitrogens with zero attached hydrogens (tertiary/aromatic N) is 1. The van der Waals surface area contributed by atoms with Crippen LogP contribution in [0.15, 0.2) is 97.1 Å². The van der Waals surface area contributed by atoms with Crippen LogP contribution in [0.5, 0.6) is 5.75 Å². The second-order valence-corrected chi connectivity index (χ2v) is 6.66. The van der Waals surface area contributed by atoms with Gasteiger partial charge in [0, 0.05) is 16.5 Å². The summed E-state index contributed by atoms with van der Waals surface area (Å²) in [7, 11) is 0.690. The minimum atomic E-state index is 0.605. The molecule has 1 heterocycles. The van der Waals surface area contributed by atoms with Crippen LogP contribution < -0.4 is 4.65 Å². The molecule has 0 fully saturated rings. The quantitative estimate of drug-likeness (QED) is 0.437. The maximum absolute atomic E-state index is 8.73. The Bertz CT molecular complexity index is 1200. The predicted molar refractivity (Wildman–Crippen MR) is 115 cm³/mol. The zero-order valence-electron chi connectivity index (χ0n) is 15.1. The molecule has 0 saturated heterocycles. The molecule has 0 unspecified atom stereocenters. The molecule has 0 aliphatic carbocycles. The average Bonchev–Trinajstić information content (AvgIpc) is 3.09. The zero-order chi connectivity index (χ0) is 18.9. The highest BCUT2D eigenvalue weighted by atomic mass is 16.5. The molecule has 0 spiro atoms. The van der Waals surface area contributed by atoms with E-state index in [-0.39, 0.29) is 0 Å². The van der Waals surface area contributed by atoms with Gasteiger partial charge in [0.15, 0.2) is 0 Å². The summed E-state index contributed by atoms with van der Waals surface area (Å²) < 4.78 is 7.28. The molecule has 1 aromatic heterocycles. The summed E-state index contributed by atoms with van der Waals surface area (Å²) in [6.07, 6.45) is 0. The monoisotopic (exact) mass is 362 g/mol. The summed E-state index contributed by atoms with van der Waals surface area (Å²) >= 11 is 0. The Labute approximate surface area is 163 Å². The summed E-state index contributed by atoms with van der Waals surface area (Å²) in [6, 6.07) is 33.2. The molecule has 0 saturated carbocycles. The number of aromatic nitrogens is 1. The highest BCUT2D eigenvalue weighted by molar-refractivity contribution is 6.17. The Morgan fingerprint density at radius 1 is 0.607 bits per heavy atom.